The first-order chi connectivity index (χ1) is 11.6. The van der Waals surface area contributed by atoms with Crippen molar-refractivity contribution in [2.75, 3.05) is 26.7 Å². The second-order valence-electron chi connectivity index (χ2n) is 6.61. The Bertz CT molecular complexity index is 706. The Labute approximate surface area is 143 Å². The molecule has 5 nitrogen and oxygen atoms in total. The molecule has 0 saturated carbocycles. The van der Waals surface area contributed by atoms with E-state index in [2.05, 4.69) is 10.4 Å². The number of amides is 1. The van der Waals surface area contributed by atoms with Gasteiger partial charge in [-0.15, -0.1) is 0 Å². The molecular weight excluding hydrogens is 300 g/mol. The number of piperidine rings is 1. The van der Waals surface area contributed by atoms with E-state index in [1.165, 1.54) is 6.42 Å². The standard InChI is InChI=1S/C19H26N4O/c1-14-18(15(2)23(21-14)17-9-5-4-6-10-17)19(24)22-11-7-8-16(13-22)12-20-3/h4-6,9-10,16,20H,7-8,11-13H2,1-3H3. The van der Waals surface area contributed by atoms with Crippen LogP contribution in [-0.4, -0.2) is 47.3 Å². The van der Waals surface area contributed by atoms with Gasteiger partial charge < -0.3 is 10.2 Å². The zero-order valence-corrected chi connectivity index (χ0v) is 14.7. The molecule has 1 N–H and O–H groups in total. The molecule has 1 fully saturated rings. The highest BCUT2D eigenvalue weighted by Gasteiger charge is 2.28. The van der Waals surface area contributed by atoms with Gasteiger partial charge in [0.25, 0.3) is 5.91 Å². The van der Waals surface area contributed by atoms with Crippen molar-refractivity contribution in [1.82, 2.24) is 20.0 Å². The molecule has 1 aliphatic heterocycles. The molecule has 1 aliphatic rings. The molecule has 1 aromatic carbocycles. The van der Waals surface area contributed by atoms with E-state index in [1.54, 1.807) is 0 Å². The number of rotatable bonds is 4. The number of benzene rings is 1. The van der Waals surface area contributed by atoms with Crippen LogP contribution in [0.15, 0.2) is 30.3 Å². The Morgan fingerprint density at radius 1 is 1.29 bits per heavy atom. The number of hydrogen-bond acceptors (Lipinski definition) is 3. The van der Waals surface area contributed by atoms with Gasteiger partial charge in [-0.25, -0.2) is 4.68 Å². The Kier molecular flexibility index (Phi) is 5.00. The molecule has 1 aromatic heterocycles. The molecule has 5 heteroatoms. The SMILES string of the molecule is CNCC1CCCN(C(=O)c2c(C)nn(-c3ccccc3)c2C)C1. The van der Waals surface area contributed by atoms with Gasteiger partial charge in [-0.2, -0.15) is 5.10 Å². The average molecular weight is 326 g/mol. The molecule has 3 rings (SSSR count). The first-order valence-electron chi connectivity index (χ1n) is 8.67. The van der Waals surface area contributed by atoms with Gasteiger partial charge in [0.2, 0.25) is 0 Å². The van der Waals surface area contributed by atoms with Crippen molar-refractivity contribution in [3.8, 4) is 5.69 Å². The van der Waals surface area contributed by atoms with Gasteiger partial charge in [0.1, 0.15) is 0 Å². The summed E-state index contributed by atoms with van der Waals surface area (Å²) in [4.78, 5) is 15.1. The lowest BCUT2D eigenvalue weighted by molar-refractivity contribution is 0.0672. The maximum atomic E-state index is 13.1. The van der Waals surface area contributed by atoms with Crippen LogP contribution < -0.4 is 5.32 Å². The van der Waals surface area contributed by atoms with E-state index < -0.39 is 0 Å². The van der Waals surface area contributed by atoms with Crippen LogP contribution in [0.5, 0.6) is 0 Å². The van der Waals surface area contributed by atoms with Gasteiger partial charge in [0, 0.05) is 13.1 Å². The third-order valence-electron chi connectivity index (χ3n) is 4.80. The topological polar surface area (TPSA) is 50.2 Å². The zero-order chi connectivity index (χ0) is 17.1. The summed E-state index contributed by atoms with van der Waals surface area (Å²) in [6.45, 7) is 6.54. The van der Waals surface area contributed by atoms with Crippen molar-refractivity contribution in [2.45, 2.75) is 26.7 Å². The van der Waals surface area contributed by atoms with Gasteiger partial charge in [-0.3, -0.25) is 4.79 Å². The summed E-state index contributed by atoms with van der Waals surface area (Å²) < 4.78 is 1.87. The summed E-state index contributed by atoms with van der Waals surface area (Å²) in [6.07, 6.45) is 2.26. The fourth-order valence-corrected chi connectivity index (χ4v) is 3.64. The van der Waals surface area contributed by atoms with Crippen LogP contribution in [0.2, 0.25) is 0 Å². The number of aromatic nitrogens is 2. The summed E-state index contributed by atoms with van der Waals surface area (Å²) in [5, 5.41) is 7.84. The molecule has 128 valence electrons. The van der Waals surface area contributed by atoms with Crippen molar-refractivity contribution in [1.29, 1.82) is 0 Å². The minimum absolute atomic E-state index is 0.119. The molecule has 2 heterocycles. The van der Waals surface area contributed by atoms with Gasteiger partial charge >= 0.3 is 0 Å². The van der Waals surface area contributed by atoms with E-state index >= 15 is 0 Å². The molecule has 24 heavy (non-hydrogen) atoms. The lowest BCUT2D eigenvalue weighted by Gasteiger charge is -2.32. The van der Waals surface area contributed by atoms with Gasteiger partial charge in [0.05, 0.1) is 22.6 Å². The van der Waals surface area contributed by atoms with Crippen LogP contribution in [0.25, 0.3) is 5.69 Å². The third kappa shape index (κ3) is 3.22. The number of carbonyl (C=O) groups excluding carboxylic acids is 1. The highest BCUT2D eigenvalue weighted by molar-refractivity contribution is 5.96. The normalized spacial score (nSPS) is 18.0. The first-order valence-corrected chi connectivity index (χ1v) is 8.67. The lowest BCUT2D eigenvalue weighted by Crippen LogP contribution is -2.42. The van der Waals surface area contributed by atoms with Crippen molar-refractivity contribution in [3.63, 3.8) is 0 Å². The largest absolute Gasteiger partial charge is 0.338 e. The second-order valence-corrected chi connectivity index (χ2v) is 6.61. The van der Waals surface area contributed by atoms with Gasteiger partial charge in [-0.05, 0) is 58.3 Å². The van der Waals surface area contributed by atoms with E-state index in [0.717, 1.165) is 48.7 Å². The van der Waals surface area contributed by atoms with Crippen molar-refractivity contribution in [3.05, 3.63) is 47.3 Å². The Morgan fingerprint density at radius 3 is 2.75 bits per heavy atom. The second kappa shape index (κ2) is 7.18. The van der Waals surface area contributed by atoms with Gasteiger partial charge in [-0.1, -0.05) is 18.2 Å². The maximum absolute atomic E-state index is 13.1. The Morgan fingerprint density at radius 2 is 2.04 bits per heavy atom. The van der Waals surface area contributed by atoms with Gasteiger partial charge in [0.15, 0.2) is 0 Å². The summed E-state index contributed by atoms with van der Waals surface area (Å²) in [5.41, 5.74) is 3.46. The molecule has 1 amide bonds. The monoisotopic (exact) mass is 326 g/mol. The number of aryl methyl sites for hydroxylation is 1. The number of para-hydroxylation sites is 1. The number of nitrogens with zero attached hydrogens (tertiary/aromatic N) is 3. The highest BCUT2D eigenvalue weighted by atomic mass is 16.2. The van der Waals surface area contributed by atoms with Crippen molar-refractivity contribution in [2.24, 2.45) is 5.92 Å². The summed E-state index contributed by atoms with van der Waals surface area (Å²) in [6, 6.07) is 9.98. The van der Waals surface area contributed by atoms with E-state index in [-0.39, 0.29) is 5.91 Å². The first kappa shape index (κ1) is 16.7. The number of likely N-dealkylation sites (tertiary alicyclic amines) is 1. The predicted octanol–water partition coefficient (Wildman–Crippen LogP) is 2.56. The molecule has 1 saturated heterocycles. The molecule has 0 spiro atoms. The van der Waals surface area contributed by atoms with Crippen LogP contribution in [0, 0.1) is 19.8 Å². The van der Waals surface area contributed by atoms with E-state index in [0.29, 0.717) is 5.92 Å². The van der Waals surface area contributed by atoms with Crippen LogP contribution in [0.4, 0.5) is 0 Å². The molecule has 0 bridgehead atoms. The average Bonchev–Trinajstić information content (AvgIpc) is 2.90. The lowest BCUT2D eigenvalue weighted by atomic mass is 9.97. The van der Waals surface area contributed by atoms with Crippen molar-refractivity contribution >= 4 is 5.91 Å². The van der Waals surface area contributed by atoms with Crippen LogP contribution in [0.1, 0.15) is 34.6 Å². The van der Waals surface area contributed by atoms with Crippen LogP contribution in [0.3, 0.4) is 0 Å². The Balaban J connectivity index is 1.87. The zero-order valence-electron chi connectivity index (χ0n) is 14.7. The molecule has 0 aliphatic carbocycles. The molecule has 1 unspecified atom stereocenters. The summed E-state index contributed by atoms with van der Waals surface area (Å²) >= 11 is 0. The minimum atomic E-state index is 0.119. The van der Waals surface area contributed by atoms with E-state index in [1.807, 2.05) is 60.8 Å². The molecule has 1 atom stereocenters. The fraction of sp³-hybridized carbons (Fsp3) is 0.474. The third-order valence-corrected chi connectivity index (χ3v) is 4.80. The number of nitrogens with one attached hydrogen (secondary N) is 1. The highest BCUT2D eigenvalue weighted by Crippen LogP contribution is 2.23. The minimum Gasteiger partial charge on any atom is -0.338 e. The van der Waals surface area contributed by atoms with Crippen molar-refractivity contribution < 1.29 is 4.79 Å². The van der Waals surface area contributed by atoms with E-state index in [9.17, 15) is 4.79 Å². The Hall–Kier alpha value is -2.14. The fourth-order valence-electron chi connectivity index (χ4n) is 3.64. The summed E-state index contributed by atoms with van der Waals surface area (Å²) in [7, 11) is 1.97. The van der Waals surface area contributed by atoms with Crippen LogP contribution in [-0.2, 0) is 0 Å². The van der Waals surface area contributed by atoms with E-state index in [4.69, 9.17) is 0 Å². The quantitative estimate of drug-likeness (QED) is 0.939. The number of hydrogen-bond donors (Lipinski definition) is 1. The molecular formula is C19H26N4O. The van der Waals surface area contributed by atoms with Crippen LogP contribution >= 0.6 is 0 Å². The molecule has 2 aromatic rings. The smallest absolute Gasteiger partial charge is 0.257 e. The summed E-state index contributed by atoms with van der Waals surface area (Å²) in [5.74, 6) is 0.658. The molecule has 0 radical (unpaired) electrons. The number of carbonyl (C=O) groups is 1. The maximum Gasteiger partial charge on any atom is 0.257 e. The predicted molar refractivity (Wildman–Crippen MR) is 95.6 cm³/mol.